The molecule has 0 heterocycles. The van der Waals surface area contributed by atoms with Crippen molar-refractivity contribution in [2.24, 2.45) is 0 Å². The first-order chi connectivity index (χ1) is 5.24. The van der Waals surface area contributed by atoms with E-state index in [1.807, 2.05) is 37.2 Å². The topological polar surface area (TPSA) is 20.3 Å². The minimum absolute atomic E-state index is 0.719. The molecule has 58 valence electrons. The van der Waals surface area contributed by atoms with Gasteiger partial charge in [-0.05, 0) is 12.1 Å². The number of hydrogen-bond donors (Lipinski definition) is 0. The Hall–Kier alpha value is -1.31. The second kappa shape index (κ2) is 3.19. The molecule has 0 bridgehead atoms. The molecule has 11 heavy (non-hydrogen) atoms. The number of hydrogen-bond acceptors (Lipinski definition) is 2. The second-order valence-corrected chi connectivity index (χ2v) is 2.61. The monoisotopic (exact) mass is 149 g/mol. The lowest BCUT2D eigenvalue weighted by Crippen LogP contribution is -2.08. The molecule has 0 radical (unpaired) electrons. The van der Waals surface area contributed by atoms with Crippen molar-refractivity contribution in [2.75, 3.05) is 19.0 Å². The summed E-state index contributed by atoms with van der Waals surface area (Å²) in [5.41, 5.74) is 1.77. The number of aldehydes is 1. The van der Waals surface area contributed by atoms with Crippen molar-refractivity contribution in [3.8, 4) is 0 Å². The Morgan fingerprint density at radius 3 is 2.64 bits per heavy atom. The minimum Gasteiger partial charge on any atom is -0.378 e. The minimum atomic E-state index is 0.719. The predicted molar refractivity (Wildman–Crippen MR) is 46.2 cm³/mol. The average molecular weight is 149 g/mol. The molecule has 1 aromatic rings. The zero-order valence-corrected chi connectivity index (χ0v) is 6.74. The summed E-state index contributed by atoms with van der Waals surface area (Å²) in [4.78, 5) is 12.3. The van der Waals surface area contributed by atoms with Crippen LogP contribution in [0.4, 0.5) is 5.69 Å². The molecule has 2 heteroatoms. The van der Waals surface area contributed by atoms with E-state index in [2.05, 4.69) is 0 Å². The number of benzene rings is 1. The third kappa shape index (κ3) is 1.80. The largest absolute Gasteiger partial charge is 0.378 e. The fraction of sp³-hybridized carbons (Fsp3) is 0.222. The summed E-state index contributed by atoms with van der Waals surface area (Å²) in [6, 6.07) is 7.49. The number of carbonyl (C=O) groups excluding carboxylic acids is 1. The SMILES string of the molecule is CN(C)c1cccc(C=O)c1. The second-order valence-electron chi connectivity index (χ2n) is 2.61. The van der Waals surface area contributed by atoms with Crippen LogP contribution in [0.25, 0.3) is 0 Å². The molecular formula is C9H11NO. The van der Waals surface area contributed by atoms with Crippen molar-refractivity contribution in [3.63, 3.8) is 0 Å². The summed E-state index contributed by atoms with van der Waals surface area (Å²) < 4.78 is 0. The highest BCUT2D eigenvalue weighted by molar-refractivity contribution is 5.76. The Morgan fingerprint density at radius 2 is 2.09 bits per heavy atom. The molecule has 1 aromatic carbocycles. The third-order valence-electron chi connectivity index (χ3n) is 1.52. The highest BCUT2D eigenvalue weighted by Crippen LogP contribution is 2.11. The average Bonchev–Trinajstić information content (AvgIpc) is 2.05. The molecule has 0 aliphatic rings. The summed E-state index contributed by atoms with van der Waals surface area (Å²) in [7, 11) is 3.90. The van der Waals surface area contributed by atoms with E-state index in [1.165, 1.54) is 0 Å². The quantitative estimate of drug-likeness (QED) is 0.595. The first-order valence-corrected chi connectivity index (χ1v) is 3.46. The van der Waals surface area contributed by atoms with Crippen LogP contribution < -0.4 is 4.90 Å². The molecule has 0 saturated heterocycles. The summed E-state index contributed by atoms with van der Waals surface area (Å²) in [5.74, 6) is 0. The zero-order valence-electron chi connectivity index (χ0n) is 6.74. The third-order valence-corrected chi connectivity index (χ3v) is 1.52. The summed E-state index contributed by atoms with van der Waals surface area (Å²) in [6.45, 7) is 0. The van der Waals surface area contributed by atoms with E-state index in [9.17, 15) is 4.79 Å². The van der Waals surface area contributed by atoms with Crippen LogP contribution >= 0.6 is 0 Å². The van der Waals surface area contributed by atoms with E-state index in [1.54, 1.807) is 6.07 Å². The molecule has 0 aromatic heterocycles. The van der Waals surface area contributed by atoms with Gasteiger partial charge < -0.3 is 4.90 Å². The van der Waals surface area contributed by atoms with Gasteiger partial charge in [-0.2, -0.15) is 0 Å². The molecule has 0 saturated carbocycles. The summed E-state index contributed by atoms with van der Waals surface area (Å²) in [6.07, 6.45) is 0.854. The van der Waals surface area contributed by atoms with Gasteiger partial charge in [-0.3, -0.25) is 4.79 Å². The van der Waals surface area contributed by atoms with Crippen LogP contribution in [0.1, 0.15) is 10.4 Å². The van der Waals surface area contributed by atoms with Crippen molar-refractivity contribution in [1.29, 1.82) is 0 Å². The maximum atomic E-state index is 10.4. The van der Waals surface area contributed by atoms with E-state index >= 15 is 0 Å². The molecule has 0 aliphatic heterocycles. The van der Waals surface area contributed by atoms with Gasteiger partial charge in [0.1, 0.15) is 6.29 Å². The smallest absolute Gasteiger partial charge is 0.150 e. The van der Waals surface area contributed by atoms with Crippen LogP contribution in [0.15, 0.2) is 24.3 Å². The molecule has 0 fully saturated rings. The van der Waals surface area contributed by atoms with Crippen molar-refractivity contribution in [3.05, 3.63) is 29.8 Å². The highest BCUT2D eigenvalue weighted by Gasteiger charge is 1.94. The Labute approximate surface area is 66.4 Å². The molecular weight excluding hydrogens is 138 g/mol. The summed E-state index contributed by atoms with van der Waals surface area (Å²) >= 11 is 0. The molecule has 0 aliphatic carbocycles. The lowest BCUT2D eigenvalue weighted by molar-refractivity contribution is 0.112. The Morgan fingerprint density at radius 1 is 1.36 bits per heavy atom. The first kappa shape index (κ1) is 7.79. The zero-order chi connectivity index (χ0) is 8.27. The van der Waals surface area contributed by atoms with Crippen molar-refractivity contribution in [2.45, 2.75) is 0 Å². The van der Waals surface area contributed by atoms with Crippen LogP contribution in [0, 0.1) is 0 Å². The van der Waals surface area contributed by atoms with Crippen LogP contribution in [0.5, 0.6) is 0 Å². The molecule has 2 nitrogen and oxygen atoms in total. The van der Waals surface area contributed by atoms with Crippen LogP contribution in [0.2, 0.25) is 0 Å². The van der Waals surface area contributed by atoms with Crippen LogP contribution in [-0.2, 0) is 0 Å². The lowest BCUT2D eigenvalue weighted by atomic mass is 10.2. The van der Waals surface area contributed by atoms with Gasteiger partial charge >= 0.3 is 0 Å². The first-order valence-electron chi connectivity index (χ1n) is 3.46. The van der Waals surface area contributed by atoms with E-state index in [0.29, 0.717) is 0 Å². The van der Waals surface area contributed by atoms with Gasteiger partial charge in [0, 0.05) is 25.3 Å². The van der Waals surface area contributed by atoms with Gasteiger partial charge in [-0.15, -0.1) is 0 Å². The Balaban J connectivity index is 3.00. The Kier molecular flexibility index (Phi) is 2.26. The van der Waals surface area contributed by atoms with E-state index in [0.717, 1.165) is 17.5 Å². The van der Waals surface area contributed by atoms with Gasteiger partial charge in [-0.1, -0.05) is 12.1 Å². The van der Waals surface area contributed by atoms with Gasteiger partial charge in [0.2, 0.25) is 0 Å². The van der Waals surface area contributed by atoms with Crippen molar-refractivity contribution in [1.82, 2.24) is 0 Å². The maximum absolute atomic E-state index is 10.4. The maximum Gasteiger partial charge on any atom is 0.150 e. The normalized spacial score (nSPS) is 9.27. The van der Waals surface area contributed by atoms with Crippen LogP contribution in [-0.4, -0.2) is 20.4 Å². The Bertz CT molecular complexity index is 255. The molecule has 0 N–H and O–H groups in total. The molecule has 1 rings (SSSR count). The van der Waals surface area contributed by atoms with Gasteiger partial charge in [0.05, 0.1) is 0 Å². The predicted octanol–water partition coefficient (Wildman–Crippen LogP) is 1.57. The van der Waals surface area contributed by atoms with Gasteiger partial charge in [-0.25, -0.2) is 0 Å². The summed E-state index contributed by atoms with van der Waals surface area (Å²) in [5, 5.41) is 0. The number of carbonyl (C=O) groups is 1. The molecule has 0 amide bonds. The van der Waals surface area contributed by atoms with Crippen molar-refractivity contribution >= 4 is 12.0 Å². The van der Waals surface area contributed by atoms with Crippen LogP contribution in [0.3, 0.4) is 0 Å². The standard InChI is InChI=1S/C9H11NO/c1-10(2)9-5-3-4-8(6-9)7-11/h3-7H,1-2H3. The molecule has 0 unspecified atom stereocenters. The fourth-order valence-electron chi connectivity index (χ4n) is 0.876. The molecule has 0 spiro atoms. The lowest BCUT2D eigenvalue weighted by Gasteiger charge is -2.11. The van der Waals surface area contributed by atoms with Crippen molar-refractivity contribution < 1.29 is 4.79 Å². The van der Waals surface area contributed by atoms with E-state index in [-0.39, 0.29) is 0 Å². The van der Waals surface area contributed by atoms with Gasteiger partial charge in [0.15, 0.2) is 0 Å². The van der Waals surface area contributed by atoms with E-state index in [4.69, 9.17) is 0 Å². The number of rotatable bonds is 2. The highest BCUT2D eigenvalue weighted by atomic mass is 16.1. The number of anilines is 1. The van der Waals surface area contributed by atoms with Gasteiger partial charge in [0.25, 0.3) is 0 Å². The van der Waals surface area contributed by atoms with E-state index < -0.39 is 0 Å². The fourth-order valence-corrected chi connectivity index (χ4v) is 0.876. The molecule has 0 atom stereocenters. The number of nitrogens with zero attached hydrogens (tertiary/aromatic N) is 1.